The smallest absolute Gasteiger partial charge is 0.251 e. The van der Waals surface area contributed by atoms with E-state index in [9.17, 15) is 9.18 Å². The van der Waals surface area contributed by atoms with Gasteiger partial charge in [0.2, 0.25) is 0 Å². The predicted octanol–water partition coefficient (Wildman–Crippen LogP) is 2.24. The number of nitrogens with zero attached hydrogens (tertiary/aromatic N) is 1. The summed E-state index contributed by atoms with van der Waals surface area (Å²) >= 11 is 0. The molecule has 1 heterocycles. The summed E-state index contributed by atoms with van der Waals surface area (Å²) < 4.78 is 13.8. The van der Waals surface area contributed by atoms with Crippen molar-refractivity contribution in [2.75, 3.05) is 13.1 Å². The van der Waals surface area contributed by atoms with Crippen molar-refractivity contribution in [3.63, 3.8) is 0 Å². The largest absolute Gasteiger partial charge is 0.331 e. The fourth-order valence-corrected chi connectivity index (χ4v) is 2.55. The van der Waals surface area contributed by atoms with Crippen molar-refractivity contribution in [3.8, 4) is 0 Å². The molecule has 1 fully saturated rings. The predicted molar refractivity (Wildman–Crippen MR) is 75.5 cm³/mol. The number of nitrogens with one attached hydrogen (secondary N) is 1. The summed E-state index contributed by atoms with van der Waals surface area (Å²) in [5.41, 5.74) is 1.41. The zero-order valence-electron chi connectivity index (χ0n) is 11.4. The van der Waals surface area contributed by atoms with Crippen LogP contribution >= 0.6 is 0 Å². The highest BCUT2D eigenvalue weighted by Gasteiger charge is 2.34. The minimum absolute atomic E-state index is 0.0583. The van der Waals surface area contributed by atoms with Gasteiger partial charge in [0.15, 0.2) is 0 Å². The molecule has 0 spiro atoms. The third-order valence-corrected chi connectivity index (χ3v) is 3.85. The summed E-state index contributed by atoms with van der Waals surface area (Å²) in [5, 5.41) is 3.22. The topological polar surface area (TPSA) is 32.3 Å². The first-order valence-electron chi connectivity index (χ1n) is 7.20. The molecule has 2 aliphatic rings. The van der Waals surface area contributed by atoms with Crippen LogP contribution in [0.15, 0.2) is 35.9 Å². The van der Waals surface area contributed by atoms with E-state index < -0.39 is 0 Å². The number of carbonyl (C=O) groups excluding carboxylic acids is 1. The Balaban J connectivity index is 1.77. The van der Waals surface area contributed by atoms with Crippen LogP contribution < -0.4 is 5.32 Å². The van der Waals surface area contributed by atoms with Crippen molar-refractivity contribution in [3.05, 3.63) is 47.3 Å². The van der Waals surface area contributed by atoms with Crippen LogP contribution in [-0.4, -0.2) is 29.9 Å². The van der Waals surface area contributed by atoms with Crippen LogP contribution in [0.25, 0.3) is 0 Å². The zero-order chi connectivity index (χ0) is 13.9. The molecular weight excluding hydrogens is 255 g/mol. The number of hydrogen-bond donors (Lipinski definition) is 1. The molecule has 1 saturated carbocycles. The Morgan fingerprint density at radius 2 is 2.15 bits per heavy atom. The van der Waals surface area contributed by atoms with Crippen molar-refractivity contribution in [1.82, 2.24) is 10.2 Å². The molecule has 0 atom stereocenters. The quantitative estimate of drug-likeness (QED) is 0.913. The second-order valence-corrected chi connectivity index (χ2v) is 5.45. The van der Waals surface area contributed by atoms with Gasteiger partial charge in [0.05, 0.1) is 0 Å². The van der Waals surface area contributed by atoms with E-state index in [-0.39, 0.29) is 17.8 Å². The van der Waals surface area contributed by atoms with Crippen molar-refractivity contribution in [2.24, 2.45) is 0 Å². The van der Waals surface area contributed by atoms with E-state index in [2.05, 4.69) is 5.32 Å². The Hall–Kier alpha value is -1.68. The van der Waals surface area contributed by atoms with Gasteiger partial charge in [0.1, 0.15) is 5.82 Å². The molecule has 4 heteroatoms. The summed E-state index contributed by atoms with van der Waals surface area (Å²) in [4.78, 5) is 14.4. The molecule has 0 aromatic heterocycles. The SMILES string of the molecule is O=C(C1=CCCNC1)N(Cc1ccccc1F)C1CC1. The van der Waals surface area contributed by atoms with Gasteiger partial charge in [-0.2, -0.15) is 0 Å². The Bertz CT molecular complexity index is 537. The van der Waals surface area contributed by atoms with Gasteiger partial charge >= 0.3 is 0 Å². The van der Waals surface area contributed by atoms with E-state index in [0.29, 0.717) is 18.7 Å². The summed E-state index contributed by atoms with van der Waals surface area (Å²) in [6.07, 6.45) is 4.96. The lowest BCUT2D eigenvalue weighted by Gasteiger charge is -2.25. The molecule has 1 amide bonds. The third kappa shape index (κ3) is 2.90. The van der Waals surface area contributed by atoms with Crippen molar-refractivity contribution in [2.45, 2.75) is 31.8 Å². The minimum atomic E-state index is -0.235. The third-order valence-electron chi connectivity index (χ3n) is 3.85. The first-order valence-corrected chi connectivity index (χ1v) is 7.20. The number of benzene rings is 1. The van der Waals surface area contributed by atoms with Gasteiger partial charge in [0, 0.05) is 30.3 Å². The van der Waals surface area contributed by atoms with E-state index in [0.717, 1.165) is 31.4 Å². The molecule has 3 rings (SSSR count). The second-order valence-electron chi connectivity index (χ2n) is 5.45. The van der Waals surface area contributed by atoms with Crippen LogP contribution in [0.5, 0.6) is 0 Å². The fourth-order valence-electron chi connectivity index (χ4n) is 2.55. The van der Waals surface area contributed by atoms with E-state index >= 15 is 0 Å². The van der Waals surface area contributed by atoms with Crippen LogP contribution in [0.1, 0.15) is 24.8 Å². The fraction of sp³-hybridized carbons (Fsp3) is 0.438. The van der Waals surface area contributed by atoms with Gasteiger partial charge in [-0.05, 0) is 31.9 Å². The molecule has 1 aliphatic carbocycles. The van der Waals surface area contributed by atoms with Crippen molar-refractivity contribution >= 4 is 5.91 Å². The van der Waals surface area contributed by atoms with Gasteiger partial charge in [-0.1, -0.05) is 24.3 Å². The highest BCUT2D eigenvalue weighted by atomic mass is 19.1. The molecular formula is C16H19FN2O. The normalized spacial score (nSPS) is 18.6. The Morgan fingerprint density at radius 1 is 1.35 bits per heavy atom. The zero-order valence-corrected chi connectivity index (χ0v) is 11.4. The molecule has 0 unspecified atom stereocenters. The molecule has 1 N–H and O–H groups in total. The number of amides is 1. The molecule has 106 valence electrons. The van der Waals surface area contributed by atoms with Gasteiger partial charge in [0.25, 0.3) is 5.91 Å². The number of carbonyl (C=O) groups is 1. The first-order chi connectivity index (χ1) is 9.75. The maximum absolute atomic E-state index is 13.8. The van der Waals surface area contributed by atoms with Gasteiger partial charge in [-0.3, -0.25) is 4.79 Å². The monoisotopic (exact) mass is 274 g/mol. The van der Waals surface area contributed by atoms with Crippen LogP contribution in [0, 0.1) is 5.82 Å². The summed E-state index contributed by atoms with van der Waals surface area (Å²) in [5.74, 6) is -0.176. The highest BCUT2D eigenvalue weighted by molar-refractivity contribution is 5.94. The van der Waals surface area contributed by atoms with Crippen LogP contribution in [0.2, 0.25) is 0 Å². The molecule has 1 aromatic rings. The number of rotatable bonds is 4. The molecule has 0 radical (unpaired) electrons. The molecule has 1 aliphatic heterocycles. The van der Waals surface area contributed by atoms with E-state index in [1.165, 1.54) is 6.07 Å². The molecule has 3 nitrogen and oxygen atoms in total. The summed E-state index contributed by atoms with van der Waals surface area (Å²) in [7, 11) is 0. The highest BCUT2D eigenvalue weighted by Crippen LogP contribution is 2.30. The van der Waals surface area contributed by atoms with E-state index in [1.807, 2.05) is 17.0 Å². The van der Waals surface area contributed by atoms with E-state index in [4.69, 9.17) is 0 Å². The number of hydrogen-bond acceptors (Lipinski definition) is 2. The van der Waals surface area contributed by atoms with Gasteiger partial charge < -0.3 is 10.2 Å². The Labute approximate surface area is 118 Å². The average Bonchev–Trinajstić information content (AvgIpc) is 3.31. The summed E-state index contributed by atoms with van der Waals surface area (Å²) in [6, 6.07) is 6.98. The molecule has 0 bridgehead atoms. The van der Waals surface area contributed by atoms with Gasteiger partial charge in [-0.15, -0.1) is 0 Å². The molecule has 1 aromatic carbocycles. The van der Waals surface area contributed by atoms with E-state index in [1.54, 1.807) is 12.1 Å². The number of halogens is 1. The average molecular weight is 274 g/mol. The standard InChI is InChI=1S/C16H19FN2O/c17-15-6-2-1-4-13(15)11-19(14-7-8-14)16(20)12-5-3-9-18-10-12/h1-2,4-6,14,18H,3,7-11H2. The van der Waals surface area contributed by atoms with Crippen LogP contribution in [0.3, 0.4) is 0 Å². The lowest BCUT2D eigenvalue weighted by atomic mass is 10.1. The lowest BCUT2D eigenvalue weighted by molar-refractivity contribution is -0.128. The molecule has 20 heavy (non-hydrogen) atoms. The van der Waals surface area contributed by atoms with Crippen LogP contribution in [-0.2, 0) is 11.3 Å². The lowest BCUT2D eigenvalue weighted by Crippen LogP contribution is -2.38. The van der Waals surface area contributed by atoms with Crippen molar-refractivity contribution < 1.29 is 9.18 Å². The van der Waals surface area contributed by atoms with Crippen molar-refractivity contribution in [1.29, 1.82) is 0 Å². The Kier molecular flexibility index (Phi) is 3.83. The Morgan fingerprint density at radius 3 is 2.80 bits per heavy atom. The van der Waals surface area contributed by atoms with Gasteiger partial charge in [-0.25, -0.2) is 4.39 Å². The summed E-state index contributed by atoms with van der Waals surface area (Å²) in [6.45, 7) is 1.92. The maximum atomic E-state index is 13.8. The van der Waals surface area contributed by atoms with Crippen LogP contribution in [0.4, 0.5) is 4.39 Å². The first kappa shape index (κ1) is 13.3. The second kappa shape index (κ2) is 5.75. The minimum Gasteiger partial charge on any atom is -0.331 e. The molecule has 0 saturated heterocycles. The maximum Gasteiger partial charge on any atom is 0.251 e.